The minimum absolute atomic E-state index is 0.619. The van der Waals surface area contributed by atoms with Gasteiger partial charge in [0.05, 0.1) is 0 Å². The summed E-state index contributed by atoms with van der Waals surface area (Å²) >= 11 is 0. The summed E-state index contributed by atoms with van der Waals surface area (Å²) < 4.78 is 0. The predicted molar refractivity (Wildman–Crippen MR) is 30.9 cm³/mol. The van der Waals surface area contributed by atoms with Gasteiger partial charge in [0.25, 0.3) is 0 Å². The van der Waals surface area contributed by atoms with Crippen molar-refractivity contribution in [3.63, 3.8) is 0 Å². The fourth-order valence-electron chi connectivity index (χ4n) is 0.408. The molecule has 0 aliphatic heterocycles. The first-order chi connectivity index (χ1) is 3.31. The van der Waals surface area contributed by atoms with Crippen LogP contribution in [0.25, 0.3) is 0 Å². The van der Waals surface area contributed by atoms with E-state index in [1.165, 1.54) is 0 Å². The third-order valence-electron chi connectivity index (χ3n) is 0.826. The van der Waals surface area contributed by atoms with Crippen LogP contribution in [-0.2, 0) is 0 Å². The van der Waals surface area contributed by atoms with E-state index < -0.39 is 0 Å². The Morgan fingerprint density at radius 1 is 1.43 bits per heavy atom. The lowest BCUT2D eigenvalue weighted by molar-refractivity contribution is 0.398. The molecule has 0 radical (unpaired) electrons. The molecule has 0 aliphatic rings. The molecule has 0 N–H and O–H groups in total. The van der Waals surface area contributed by atoms with Gasteiger partial charge in [-0.1, -0.05) is 13.8 Å². The molecule has 0 aromatic carbocycles. The second kappa shape index (κ2) is 4.09. The molecule has 0 aliphatic carbocycles. The molecule has 7 heavy (non-hydrogen) atoms. The Hall–Kier alpha value is -0.0800. The van der Waals surface area contributed by atoms with E-state index in [9.17, 15) is 5.21 Å². The minimum Gasteiger partial charge on any atom is -0.785 e. The first-order valence-electron chi connectivity index (χ1n) is 2.73. The standard InChI is InChI=1S/C5H12NO/c1-3-5-6(7)4-2/h3-5H2,1-2H3/q-1. The van der Waals surface area contributed by atoms with Crippen molar-refractivity contribution in [1.29, 1.82) is 0 Å². The maximum Gasteiger partial charge on any atom is -0.0147 e. The van der Waals surface area contributed by atoms with Gasteiger partial charge in [0, 0.05) is 0 Å². The molecule has 44 valence electrons. The minimum atomic E-state index is 0.619. The SMILES string of the molecule is CCCN([O-])CC. The van der Waals surface area contributed by atoms with Crippen molar-refractivity contribution in [2.45, 2.75) is 20.3 Å². The molecule has 0 fully saturated rings. The normalized spacial score (nSPS) is 10.3. The molecule has 0 amide bonds. The third kappa shape index (κ3) is 3.76. The zero-order valence-corrected chi connectivity index (χ0v) is 4.98. The Bertz CT molecular complexity index is 39.1. The van der Waals surface area contributed by atoms with E-state index in [1.54, 1.807) is 0 Å². The van der Waals surface area contributed by atoms with E-state index in [-0.39, 0.29) is 0 Å². The highest BCUT2D eigenvalue weighted by molar-refractivity contribution is 4.49. The Morgan fingerprint density at radius 3 is 2.14 bits per heavy atom. The molecule has 0 unspecified atom stereocenters. The van der Waals surface area contributed by atoms with Crippen molar-refractivity contribution in [3.8, 4) is 0 Å². The van der Waals surface area contributed by atoms with Crippen LogP contribution in [0, 0.1) is 5.21 Å². The lowest BCUT2D eigenvalue weighted by Crippen LogP contribution is -2.15. The average Bonchev–Trinajstić information content (AvgIpc) is 1.68. The highest BCUT2D eigenvalue weighted by atomic mass is 16.5. The smallest absolute Gasteiger partial charge is 0.0147 e. The number of nitrogens with zero attached hydrogens (tertiary/aromatic N) is 1. The van der Waals surface area contributed by atoms with Gasteiger partial charge < -0.3 is 10.3 Å². The summed E-state index contributed by atoms with van der Waals surface area (Å²) in [7, 11) is 0. The van der Waals surface area contributed by atoms with Crippen LogP contribution in [0.5, 0.6) is 0 Å². The Balaban J connectivity index is 2.83. The first kappa shape index (κ1) is 6.92. The average molecular weight is 102 g/mol. The van der Waals surface area contributed by atoms with Gasteiger partial charge >= 0.3 is 0 Å². The van der Waals surface area contributed by atoms with E-state index >= 15 is 0 Å². The highest BCUT2D eigenvalue weighted by Gasteiger charge is 1.79. The summed E-state index contributed by atoms with van der Waals surface area (Å²) in [5.41, 5.74) is 0. The van der Waals surface area contributed by atoms with Crippen LogP contribution in [0.4, 0.5) is 0 Å². The van der Waals surface area contributed by atoms with E-state index in [0.29, 0.717) is 13.1 Å². The molecule has 0 aromatic rings. The maximum atomic E-state index is 10.3. The second-order valence-electron chi connectivity index (χ2n) is 1.52. The van der Waals surface area contributed by atoms with Crippen LogP contribution in [0.15, 0.2) is 0 Å². The van der Waals surface area contributed by atoms with Crippen molar-refractivity contribution in [2.24, 2.45) is 0 Å². The van der Waals surface area contributed by atoms with Gasteiger partial charge in [-0.05, 0) is 19.5 Å². The van der Waals surface area contributed by atoms with Crippen molar-refractivity contribution < 1.29 is 0 Å². The Morgan fingerprint density at radius 2 is 2.00 bits per heavy atom. The summed E-state index contributed by atoms with van der Waals surface area (Å²) in [4.78, 5) is 0. The quantitative estimate of drug-likeness (QED) is 0.501. The summed E-state index contributed by atoms with van der Waals surface area (Å²) in [5.74, 6) is 0. The van der Waals surface area contributed by atoms with Crippen molar-refractivity contribution in [1.82, 2.24) is 5.06 Å². The van der Waals surface area contributed by atoms with E-state index in [4.69, 9.17) is 0 Å². The van der Waals surface area contributed by atoms with Gasteiger partial charge in [0.2, 0.25) is 0 Å². The number of hydrogen-bond donors (Lipinski definition) is 0. The zero-order valence-electron chi connectivity index (χ0n) is 4.98. The number of hydrogen-bond acceptors (Lipinski definition) is 2. The van der Waals surface area contributed by atoms with Gasteiger partial charge in [-0.25, -0.2) is 0 Å². The van der Waals surface area contributed by atoms with E-state index in [0.717, 1.165) is 11.5 Å². The number of hydroxylamine groups is 2. The van der Waals surface area contributed by atoms with Crippen molar-refractivity contribution in [2.75, 3.05) is 13.1 Å². The maximum absolute atomic E-state index is 10.3. The Kier molecular flexibility index (Phi) is 4.04. The van der Waals surface area contributed by atoms with E-state index in [1.807, 2.05) is 13.8 Å². The second-order valence-corrected chi connectivity index (χ2v) is 1.52. The molecule has 0 bridgehead atoms. The van der Waals surface area contributed by atoms with Crippen LogP contribution in [0.1, 0.15) is 20.3 Å². The fraction of sp³-hybridized carbons (Fsp3) is 1.00. The molecule has 0 saturated carbocycles. The molecule has 0 rings (SSSR count). The van der Waals surface area contributed by atoms with Crippen LogP contribution < -0.4 is 0 Å². The third-order valence-corrected chi connectivity index (χ3v) is 0.826. The van der Waals surface area contributed by atoms with Crippen LogP contribution >= 0.6 is 0 Å². The molecule has 0 saturated heterocycles. The molecular weight excluding hydrogens is 90.1 g/mol. The molecule has 0 heterocycles. The van der Waals surface area contributed by atoms with Crippen molar-refractivity contribution >= 4 is 0 Å². The van der Waals surface area contributed by atoms with Gasteiger partial charge in [0.1, 0.15) is 0 Å². The van der Waals surface area contributed by atoms with Crippen LogP contribution in [0.2, 0.25) is 0 Å². The topological polar surface area (TPSA) is 26.3 Å². The first-order valence-corrected chi connectivity index (χ1v) is 2.73. The zero-order chi connectivity index (χ0) is 5.70. The molecule has 2 nitrogen and oxygen atoms in total. The number of rotatable bonds is 3. The van der Waals surface area contributed by atoms with Gasteiger partial charge in [-0.15, -0.1) is 0 Å². The van der Waals surface area contributed by atoms with Gasteiger partial charge in [-0.3, -0.25) is 0 Å². The summed E-state index contributed by atoms with van der Waals surface area (Å²) in [6, 6.07) is 0. The van der Waals surface area contributed by atoms with Crippen LogP contribution in [-0.4, -0.2) is 18.2 Å². The molecule has 0 spiro atoms. The summed E-state index contributed by atoms with van der Waals surface area (Å²) in [5, 5.41) is 11.4. The lowest BCUT2D eigenvalue weighted by atomic mass is 10.5. The Labute approximate surface area is 44.7 Å². The summed E-state index contributed by atoms with van der Waals surface area (Å²) in [6.07, 6.45) is 0.956. The molecule has 2 heteroatoms. The monoisotopic (exact) mass is 102 g/mol. The highest BCUT2D eigenvalue weighted by Crippen LogP contribution is 1.83. The molecule has 0 atom stereocenters. The predicted octanol–water partition coefficient (Wildman–Crippen LogP) is 1.22. The molecular formula is C5H12NO-. The fourth-order valence-corrected chi connectivity index (χ4v) is 0.408. The lowest BCUT2D eigenvalue weighted by Gasteiger charge is -2.24. The van der Waals surface area contributed by atoms with Crippen molar-refractivity contribution in [3.05, 3.63) is 5.21 Å². The largest absolute Gasteiger partial charge is 0.785 e. The van der Waals surface area contributed by atoms with Gasteiger partial charge in [-0.2, -0.15) is 0 Å². The summed E-state index contributed by atoms with van der Waals surface area (Å²) in [6.45, 7) is 5.16. The molecule has 0 aromatic heterocycles. The van der Waals surface area contributed by atoms with E-state index in [2.05, 4.69) is 0 Å². The van der Waals surface area contributed by atoms with Crippen LogP contribution in [0.3, 0.4) is 0 Å². The van der Waals surface area contributed by atoms with Gasteiger partial charge in [0.15, 0.2) is 0 Å².